The zero-order valence-corrected chi connectivity index (χ0v) is 11.3. The first-order chi connectivity index (χ1) is 10.1. The van der Waals surface area contributed by atoms with E-state index in [9.17, 15) is 14.9 Å². The predicted octanol–water partition coefficient (Wildman–Crippen LogP) is 1.71. The molecule has 0 amide bonds. The molecule has 0 aliphatic carbocycles. The van der Waals surface area contributed by atoms with Crippen LogP contribution in [-0.2, 0) is 0 Å². The highest BCUT2D eigenvalue weighted by Gasteiger charge is 2.14. The van der Waals surface area contributed by atoms with Gasteiger partial charge in [-0.2, -0.15) is 0 Å². The van der Waals surface area contributed by atoms with Crippen molar-refractivity contribution in [1.29, 1.82) is 0 Å². The SMILES string of the molecule is O=C(COn1nnc2ccc([N+](=O)[O-])cc21)c1cccs1. The predicted molar refractivity (Wildman–Crippen MR) is 74.3 cm³/mol. The summed E-state index contributed by atoms with van der Waals surface area (Å²) in [6, 6.07) is 7.57. The number of nitro benzene ring substituents is 1. The second-order valence-electron chi connectivity index (χ2n) is 4.07. The summed E-state index contributed by atoms with van der Waals surface area (Å²) in [6.45, 7) is -0.221. The first kappa shape index (κ1) is 13.2. The number of hydrogen-bond acceptors (Lipinski definition) is 7. The van der Waals surface area contributed by atoms with E-state index in [1.807, 2.05) is 0 Å². The molecule has 21 heavy (non-hydrogen) atoms. The van der Waals surface area contributed by atoms with Crippen LogP contribution < -0.4 is 4.84 Å². The van der Waals surface area contributed by atoms with Crippen molar-refractivity contribution >= 4 is 33.8 Å². The number of rotatable bonds is 5. The fourth-order valence-electron chi connectivity index (χ4n) is 1.72. The van der Waals surface area contributed by atoms with Gasteiger partial charge in [0, 0.05) is 12.1 Å². The zero-order chi connectivity index (χ0) is 14.8. The van der Waals surface area contributed by atoms with Crippen LogP contribution in [0.4, 0.5) is 5.69 Å². The van der Waals surface area contributed by atoms with Crippen molar-refractivity contribution in [3.8, 4) is 0 Å². The summed E-state index contributed by atoms with van der Waals surface area (Å²) in [6.07, 6.45) is 0. The normalized spacial score (nSPS) is 10.7. The molecule has 2 heterocycles. The Morgan fingerprint density at radius 2 is 2.29 bits per heavy atom. The molecule has 0 atom stereocenters. The maximum atomic E-state index is 11.8. The first-order valence-electron chi connectivity index (χ1n) is 5.85. The number of aromatic nitrogens is 3. The van der Waals surface area contributed by atoms with Crippen LogP contribution in [0.1, 0.15) is 9.67 Å². The topological polar surface area (TPSA) is 100 Å². The number of non-ortho nitro benzene ring substituents is 1. The highest BCUT2D eigenvalue weighted by molar-refractivity contribution is 7.12. The van der Waals surface area contributed by atoms with Crippen LogP contribution in [0.3, 0.4) is 0 Å². The van der Waals surface area contributed by atoms with Crippen molar-refractivity contribution in [3.63, 3.8) is 0 Å². The number of fused-ring (bicyclic) bond motifs is 1. The molecule has 0 bridgehead atoms. The van der Waals surface area contributed by atoms with E-state index in [0.29, 0.717) is 15.9 Å². The van der Waals surface area contributed by atoms with Crippen molar-refractivity contribution in [2.24, 2.45) is 0 Å². The maximum absolute atomic E-state index is 11.8. The average Bonchev–Trinajstić information content (AvgIpc) is 3.14. The Hall–Kier alpha value is -2.81. The van der Waals surface area contributed by atoms with E-state index in [4.69, 9.17) is 4.84 Å². The third-order valence-corrected chi connectivity index (χ3v) is 3.63. The molecule has 9 heteroatoms. The van der Waals surface area contributed by atoms with Gasteiger partial charge < -0.3 is 4.84 Å². The molecule has 0 saturated carbocycles. The second kappa shape index (κ2) is 5.29. The minimum absolute atomic E-state index is 0.0979. The van der Waals surface area contributed by atoms with Crippen LogP contribution in [0, 0.1) is 10.1 Å². The number of ketones is 1. The molecule has 0 radical (unpaired) electrons. The monoisotopic (exact) mass is 304 g/mol. The van der Waals surface area contributed by atoms with E-state index in [2.05, 4.69) is 10.3 Å². The van der Waals surface area contributed by atoms with Gasteiger partial charge in [-0.1, -0.05) is 10.9 Å². The molecule has 2 aromatic heterocycles. The molecule has 3 aromatic rings. The molecule has 8 nitrogen and oxygen atoms in total. The standard InChI is InChI=1S/C12H8N4O4S/c17-11(12-2-1-5-21-12)7-20-15-10-6-8(16(18)19)3-4-9(10)13-14-15/h1-6H,7H2. The molecule has 0 fully saturated rings. The Morgan fingerprint density at radius 1 is 1.43 bits per heavy atom. The van der Waals surface area contributed by atoms with E-state index >= 15 is 0 Å². The summed E-state index contributed by atoms with van der Waals surface area (Å²) >= 11 is 1.31. The maximum Gasteiger partial charge on any atom is 0.271 e. The lowest BCUT2D eigenvalue weighted by Crippen LogP contribution is -2.20. The number of nitrogens with zero attached hydrogens (tertiary/aromatic N) is 4. The van der Waals surface area contributed by atoms with Crippen LogP contribution in [0.15, 0.2) is 35.7 Å². The third-order valence-electron chi connectivity index (χ3n) is 2.72. The Morgan fingerprint density at radius 3 is 3.00 bits per heavy atom. The third kappa shape index (κ3) is 2.58. The van der Waals surface area contributed by atoms with Gasteiger partial charge in [-0.3, -0.25) is 14.9 Å². The van der Waals surface area contributed by atoms with Gasteiger partial charge in [0.25, 0.3) is 5.69 Å². The van der Waals surface area contributed by atoms with Crippen LogP contribution in [0.2, 0.25) is 0 Å². The lowest BCUT2D eigenvalue weighted by molar-refractivity contribution is -0.384. The summed E-state index contributed by atoms with van der Waals surface area (Å²) in [7, 11) is 0. The number of carbonyl (C=O) groups excluding carboxylic acids is 1. The fourth-order valence-corrected chi connectivity index (χ4v) is 2.37. The molecule has 0 aliphatic heterocycles. The van der Waals surface area contributed by atoms with Gasteiger partial charge in [-0.15, -0.1) is 16.4 Å². The first-order valence-corrected chi connectivity index (χ1v) is 6.73. The van der Waals surface area contributed by atoms with Gasteiger partial charge in [0.05, 0.1) is 9.80 Å². The highest BCUT2D eigenvalue weighted by Crippen LogP contribution is 2.18. The summed E-state index contributed by atoms with van der Waals surface area (Å²) in [4.78, 5) is 28.9. The quantitative estimate of drug-likeness (QED) is 0.404. The molecule has 0 aliphatic rings. The number of hydrogen-bond donors (Lipinski definition) is 0. The number of Topliss-reactive ketones (excluding diaryl/α,β-unsaturated/α-hetero) is 1. The van der Waals surface area contributed by atoms with E-state index < -0.39 is 4.92 Å². The van der Waals surface area contributed by atoms with Crippen LogP contribution in [-0.4, -0.2) is 32.5 Å². The minimum atomic E-state index is -0.520. The van der Waals surface area contributed by atoms with Gasteiger partial charge in [0.2, 0.25) is 5.78 Å². The number of carbonyl (C=O) groups is 1. The van der Waals surface area contributed by atoms with Crippen molar-refractivity contribution in [1.82, 2.24) is 15.2 Å². The van der Waals surface area contributed by atoms with E-state index in [1.165, 1.54) is 29.5 Å². The smallest absolute Gasteiger partial charge is 0.271 e. The molecule has 3 rings (SSSR count). The van der Waals surface area contributed by atoms with Crippen molar-refractivity contribution in [3.05, 3.63) is 50.7 Å². The Balaban J connectivity index is 1.82. The lowest BCUT2D eigenvalue weighted by Gasteiger charge is -2.03. The molecule has 106 valence electrons. The molecule has 1 aromatic carbocycles. The average molecular weight is 304 g/mol. The van der Waals surface area contributed by atoms with Crippen molar-refractivity contribution < 1.29 is 14.6 Å². The van der Waals surface area contributed by atoms with E-state index in [1.54, 1.807) is 17.5 Å². The van der Waals surface area contributed by atoms with Gasteiger partial charge in [0.15, 0.2) is 6.61 Å². The van der Waals surface area contributed by atoms with Gasteiger partial charge in [-0.25, -0.2) is 0 Å². The molecule has 0 saturated heterocycles. The summed E-state index contributed by atoms with van der Waals surface area (Å²) in [5, 5.41) is 20.1. The highest BCUT2D eigenvalue weighted by atomic mass is 32.1. The van der Waals surface area contributed by atoms with Crippen molar-refractivity contribution in [2.45, 2.75) is 0 Å². The summed E-state index contributed by atoms with van der Waals surface area (Å²) in [5.41, 5.74) is 0.687. The van der Waals surface area contributed by atoms with Crippen LogP contribution in [0.5, 0.6) is 0 Å². The van der Waals surface area contributed by atoms with Gasteiger partial charge >= 0.3 is 0 Å². The number of thiophene rings is 1. The largest absolute Gasteiger partial charge is 0.386 e. The number of benzene rings is 1. The van der Waals surface area contributed by atoms with Gasteiger partial charge in [-0.05, 0) is 22.7 Å². The molecular formula is C12H8N4O4S. The molecule has 0 N–H and O–H groups in total. The van der Waals surface area contributed by atoms with Crippen LogP contribution >= 0.6 is 11.3 Å². The Kier molecular flexibility index (Phi) is 3.32. The molecule has 0 unspecified atom stereocenters. The Bertz CT molecular complexity index is 812. The fraction of sp³-hybridized carbons (Fsp3) is 0.0833. The summed E-state index contributed by atoms with van der Waals surface area (Å²) < 4.78 is 0. The summed E-state index contributed by atoms with van der Waals surface area (Å²) in [5.74, 6) is -0.195. The molecule has 0 spiro atoms. The number of nitro groups is 1. The Labute approximate surface area is 121 Å². The zero-order valence-electron chi connectivity index (χ0n) is 10.5. The second-order valence-corrected chi connectivity index (χ2v) is 5.01. The van der Waals surface area contributed by atoms with Crippen molar-refractivity contribution in [2.75, 3.05) is 6.61 Å². The molecular weight excluding hydrogens is 296 g/mol. The minimum Gasteiger partial charge on any atom is -0.386 e. The van der Waals surface area contributed by atoms with Gasteiger partial charge in [0.1, 0.15) is 11.0 Å². The van der Waals surface area contributed by atoms with Crippen LogP contribution in [0.25, 0.3) is 11.0 Å². The van der Waals surface area contributed by atoms with E-state index in [-0.39, 0.29) is 18.1 Å². The lowest BCUT2D eigenvalue weighted by atomic mass is 10.3. The van der Waals surface area contributed by atoms with E-state index in [0.717, 1.165) is 4.85 Å².